The summed E-state index contributed by atoms with van der Waals surface area (Å²) in [4.78, 5) is 32.2. The van der Waals surface area contributed by atoms with Crippen LogP contribution in [0.4, 0.5) is 0 Å². The van der Waals surface area contributed by atoms with Crippen LogP contribution in [0.2, 0.25) is 0 Å². The van der Waals surface area contributed by atoms with E-state index in [-0.39, 0.29) is 23.9 Å². The van der Waals surface area contributed by atoms with Crippen LogP contribution in [0.25, 0.3) is 11.0 Å². The van der Waals surface area contributed by atoms with E-state index in [4.69, 9.17) is 4.98 Å². The summed E-state index contributed by atoms with van der Waals surface area (Å²) in [5, 5.41) is 2.99. The molecule has 0 aliphatic rings. The van der Waals surface area contributed by atoms with Gasteiger partial charge in [-0.25, -0.2) is 4.98 Å². The molecule has 0 bridgehead atoms. The maximum atomic E-state index is 13.1. The molecular weight excluding hydrogens is 492 g/mol. The minimum absolute atomic E-state index is 0.0542. The smallest absolute Gasteiger partial charge is 0.251 e. The van der Waals surface area contributed by atoms with Gasteiger partial charge in [0.1, 0.15) is 12.4 Å². The van der Waals surface area contributed by atoms with E-state index in [1.807, 2.05) is 53.4 Å². The number of carbonyl (C=O) groups is 2. The van der Waals surface area contributed by atoms with Crippen LogP contribution in [0.3, 0.4) is 0 Å². The van der Waals surface area contributed by atoms with Crippen molar-refractivity contribution in [3.63, 3.8) is 0 Å². The van der Waals surface area contributed by atoms with Crippen molar-refractivity contribution in [1.82, 2.24) is 19.8 Å². The van der Waals surface area contributed by atoms with Gasteiger partial charge in [-0.15, -0.1) is 0 Å². The number of rotatable bonds is 11. The fraction of sp³-hybridized carbons (Fsp3) is 0.444. The van der Waals surface area contributed by atoms with Crippen LogP contribution in [-0.2, 0) is 17.8 Å². The van der Waals surface area contributed by atoms with Gasteiger partial charge in [-0.1, -0.05) is 40.5 Å². The molecule has 0 saturated carbocycles. The van der Waals surface area contributed by atoms with Gasteiger partial charge >= 0.3 is 0 Å². The second-order valence-electron chi connectivity index (χ2n) is 9.17. The topological polar surface area (TPSA) is 67.2 Å². The van der Waals surface area contributed by atoms with Gasteiger partial charge in [-0.3, -0.25) is 9.59 Å². The Bertz CT molecular complexity index is 1110. The van der Waals surface area contributed by atoms with E-state index in [0.717, 1.165) is 47.0 Å². The van der Waals surface area contributed by atoms with Crippen LogP contribution < -0.4 is 5.32 Å². The summed E-state index contributed by atoms with van der Waals surface area (Å²) in [6.07, 6.45) is 3.61. The lowest BCUT2D eigenvalue weighted by Crippen LogP contribution is -2.43. The number of aromatic nitrogens is 2. The molecule has 0 atom stereocenters. The lowest BCUT2D eigenvalue weighted by atomic mass is 10.1. The third-order valence-electron chi connectivity index (χ3n) is 5.88. The lowest BCUT2D eigenvalue weighted by Gasteiger charge is -2.31. The number of nitrogens with zero attached hydrogens (tertiary/aromatic N) is 3. The van der Waals surface area contributed by atoms with Gasteiger partial charge in [-0.2, -0.15) is 0 Å². The number of hydrogen-bond acceptors (Lipinski definition) is 3. The van der Waals surface area contributed by atoms with Crippen molar-refractivity contribution in [2.75, 3.05) is 6.54 Å². The largest absolute Gasteiger partial charge is 0.352 e. The maximum absolute atomic E-state index is 13.1. The molecule has 2 amide bonds. The Labute approximate surface area is 210 Å². The first-order chi connectivity index (χ1) is 16.3. The molecule has 0 saturated heterocycles. The van der Waals surface area contributed by atoms with Crippen molar-refractivity contribution >= 4 is 38.8 Å². The van der Waals surface area contributed by atoms with Crippen molar-refractivity contribution < 1.29 is 9.59 Å². The number of aryl methyl sites for hydroxylation is 1. The summed E-state index contributed by atoms with van der Waals surface area (Å²) in [5.74, 6) is 1.01. The number of hydrogen-bond donors (Lipinski definition) is 1. The summed E-state index contributed by atoms with van der Waals surface area (Å²) in [6.45, 7) is 9.16. The summed E-state index contributed by atoms with van der Waals surface area (Å²) in [5.41, 5.74) is 2.58. The number of halogens is 1. The minimum atomic E-state index is -0.0542. The number of benzene rings is 2. The predicted octanol–water partition coefficient (Wildman–Crippen LogP) is 5.59. The van der Waals surface area contributed by atoms with E-state index in [2.05, 4.69) is 53.5 Å². The van der Waals surface area contributed by atoms with Crippen LogP contribution >= 0.6 is 15.9 Å². The molecule has 182 valence electrons. The Morgan fingerprint density at radius 1 is 1.00 bits per heavy atom. The van der Waals surface area contributed by atoms with Gasteiger partial charge in [0, 0.05) is 35.1 Å². The number of unbranched alkanes of at least 4 members (excludes halogenated alkanes) is 2. The molecule has 34 heavy (non-hydrogen) atoms. The molecule has 3 rings (SSSR count). The summed E-state index contributed by atoms with van der Waals surface area (Å²) in [6, 6.07) is 15.7. The highest BCUT2D eigenvalue weighted by Gasteiger charge is 2.22. The molecule has 1 aromatic heterocycles. The van der Waals surface area contributed by atoms with Gasteiger partial charge in [-0.05, 0) is 70.9 Å². The second-order valence-corrected chi connectivity index (χ2v) is 10.1. The summed E-state index contributed by atoms with van der Waals surface area (Å²) in [7, 11) is 0. The van der Waals surface area contributed by atoms with Crippen molar-refractivity contribution in [2.24, 2.45) is 0 Å². The van der Waals surface area contributed by atoms with Crippen LogP contribution in [0, 0.1) is 0 Å². The fourth-order valence-electron chi connectivity index (χ4n) is 4.40. The highest BCUT2D eigenvalue weighted by atomic mass is 79.9. The zero-order chi connectivity index (χ0) is 24.7. The van der Waals surface area contributed by atoms with Gasteiger partial charge in [0.2, 0.25) is 5.91 Å². The molecule has 2 aromatic carbocycles. The maximum Gasteiger partial charge on any atom is 0.251 e. The van der Waals surface area contributed by atoms with Crippen molar-refractivity contribution in [2.45, 2.75) is 72.0 Å². The average molecular weight is 528 g/mol. The van der Waals surface area contributed by atoms with Crippen LogP contribution in [0.15, 0.2) is 53.0 Å². The molecule has 1 N–H and O–H groups in total. The van der Waals surface area contributed by atoms with Gasteiger partial charge in [0.25, 0.3) is 5.91 Å². The highest BCUT2D eigenvalue weighted by Crippen LogP contribution is 2.19. The number of imidazole rings is 1. The summed E-state index contributed by atoms with van der Waals surface area (Å²) < 4.78 is 2.97. The SMILES string of the molecule is CC(C)N(C(=O)Cn1c(CCCCCNC(=O)c2cccc(Br)c2)nc2ccccc21)C(C)C. The Morgan fingerprint density at radius 3 is 2.44 bits per heavy atom. The normalized spacial score (nSPS) is 11.4. The van der Waals surface area contributed by atoms with E-state index < -0.39 is 0 Å². The third kappa shape index (κ3) is 6.69. The first kappa shape index (κ1) is 25.9. The first-order valence-corrected chi connectivity index (χ1v) is 12.9. The zero-order valence-electron chi connectivity index (χ0n) is 20.6. The van der Waals surface area contributed by atoms with Crippen LogP contribution in [0.1, 0.15) is 63.1 Å². The molecule has 0 spiro atoms. The van der Waals surface area contributed by atoms with Gasteiger partial charge < -0.3 is 14.8 Å². The van der Waals surface area contributed by atoms with E-state index in [1.165, 1.54) is 0 Å². The van der Waals surface area contributed by atoms with E-state index in [0.29, 0.717) is 18.7 Å². The number of carbonyl (C=O) groups excluding carboxylic acids is 2. The number of fused-ring (bicyclic) bond motifs is 1. The highest BCUT2D eigenvalue weighted by molar-refractivity contribution is 9.10. The monoisotopic (exact) mass is 526 g/mol. The Kier molecular flexibility index (Phi) is 9.28. The van der Waals surface area contributed by atoms with E-state index in [9.17, 15) is 9.59 Å². The van der Waals surface area contributed by atoms with Crippen molar-refractivity contribution in [3.05, 3.63) is 64.4 Å². The van der Waals surface area contributed by atoms with Crippen molar-refractivity contribution in [1.29, 1.82) is 0 Å². The lowest BCUT2D eigenvalue weighted by molar-refractivity contribution is -0.135. The second kappa shape index (κ2) is 12.2. The van der Waals surface area contributed by atoms with Gasteiger partial charge in [0.05, 0.1) is 11.0 Å². The molecular formula is C27H35BrN4O2. The molecule has 6 nitrogen and oxygen atoms in total. The number of para-hydroxylation sites is 2. The quantitative estimate of drug-likeness (QED) is 0.331. The molecule has 0 fully saturated rings. The minimum Gasteiger partial charge on any atom is -0.352 e. The molecule has 7 heteroatoms. The van der Waals surface area contributed by atoms with E-state index in [1.54, 1.807) is 0 Å². The number of nitrogens with one attached hydrogen (secondary N) is 1. The van der Waals surface area contributed by atoms with Crippen LogP contribution in [-0.4, -0.2) is 44.9 Å². The predicted molar refractivity (Wildman–Crippen MR) is 141 cm³/mol. The Balaban J connectivity index is 1.57. The first-order valence-electron chi connectivity index (χ1n) is 12.1. The molecule has 0 radical (unpaired) electrons. The van der Waals surface area contributed by atoms with Crippen LogP contribution in [0.5, 0.6) is 0 Å². The fourth-order valence-corrected chi connectivity index (χ4v) is 4.80. The molecule has 1 heterocycles. The Hall–Kier alpha value is -2.67. The number of amides is 2. The molecule has 0 aliphatic carbocycles. The van der Waals surface area contributed by atoms with Crippen molar-refractivity contribution in [3.8, 4) is 0 Å². The molecule has 0 aliphatic heterocycles. The Morgan fingerprint density at radius 2 is 1.74 bits per heavy atom. The molecule has 0 unspecified atom stereocenters. The van der Waals surface area contributed by atoms with E-state index >= 15 is 0 Å². The third-order valence-corrected chi connectivity index (χ3v) is 6.37. The molecule has 3 aromatic rings. The average Bonchev–Trinajstić information content (AvgIpc) is 3.12. The summed E-state index contributed by atoms with van der Waals surface area (Å²) >= 11 is 3.40. The standard InChI is InChI=1S/C27H35BrN4O2/c1-19(2)32(20(3)4)26(33)18-31-24-14-8-7-13-23(24)30-25(31)15-6-5-9-16-29-27(34)21-11-10-12-22(28)17-21/h7-8,10-14,17,19-20H,5-6,9,15-16,18H2,1-4H3,(H,29,34). The van der Waals surface area contributed by atoms with Gasteiger partial charge in [0.15, 0.2) is 0 Å². The zero-order valence-corrected chi connectivity index (χ0v) is 22.1.